The van der Waals surface area contributed by atoms with Crippen LogP contribution >= 0.6 is 11.3 Å². The van der Waals surface area contributed by atoms with Crippen molar-refractivity contribution in [2.45, 2.75) is 0 Å². The van der Waals surface area contributed by atoms with E-state index < -0.39 is 0 Å². The Hall–Kier alpha value is -5.52. The number of hydrogen-bond acceptors (Lipinski definition) is 5. The van der Waals surface area contributed by atoms with E-state index in [-0.39, 0.29) is 0 Å². The van der Waals surface area contributed by atoms with Crippen molar-refractivity contribution in [1.29, 1.82) is 0 Å². The zero-order valence-electron chi connectivity index (χ0n) is 22.9. The second-order valence-corrected chi connectivity index (χ2v) is 11.7. The van der Waals surface area contributed by atoms with E-state index in [1.54, 1.807) is 0 Å². The van der Waals surface area contributed by atoms with Crippen LogP contribution in [0, 0.1) is 0 Å². The monoisotopic (exact) mass is 566 g/mol. The molecule has 0 aliphatic heterocycles. The van der Waals surface area contributed by atoms with Crippen molar-refractivity contribution in [3.63, 3.8) is 0 Å². The molecule has 0 saturated heterocycles. The molecule has 5 heteroatoms. The van der Waals surface area contributed by atoms with Crippen LogP contribution in [0.5, 0.6) is 0 Å². The van der Waals surface area contributed by atoms with Gasteiger partial charge >= 0.3 is 0 Å². The summed E-state index contributed by atoms with van der Waals surface area (Å²) in [6.45, 7) is 0. The van der Waals surface area contributed by atoms with Gasteiger partial charge in [-0.2, -0.15) is 0 Å². The zero-order valence-corrected chi connectivity index (χ0v) is 23.7. The first-order chi connectivity index (χ1) is 21.3. The van der Waals surface area contributed by atoms with Gasteiger partial charge in [0.2, 0.25) is 0 Å². The van der Waals surface area contributed by atoms with Gasteiger partial charge in [-0.05, 0) is 16.8 Å². The number of fused-ring (bicyclic) bond motifs is 10. The Balaban J connectivity index is 1.46. The molecule has 0 fully saturated rings. The first-order valence-electron chi connectivity index (χ1n) is 14.3. The maximum atomic E-state index is 5.50. The number of nitrogens with zero attached hydrogens (tertiary/aromatic N) is 4. The van der Waals surface area contributed by atoms with E-state index in [1.165, 1.54) is 30.9 Å². The van der Waals surface area contributed by atoms with Gasteiger partial charge in [0.25, 0.3) is 0 Å². The smallest absolute Gasteiger partial charge is 0.183 e. The molecule has 0 unspecified atom stereocenters. The van der Waals surface area contributed by atoms with Crippen LogP contribution in [-0.2, 0) is 0 Å². The van der Waals surface area contributed by atoms with Gasteiger partial charge in [0.1, 0.15) is 5.69 Å². The molecule has 0 spiro atoms. The molecule has 200 valence electrons. The van der Waals surface area contributed by atoms with E-state index in [4.69, 9.17) is 19.9 Å². The lowest BCUT2D eigenvalue weighted by atomic mass is 9.95. The number of hydrogen-bond donors (Lipinski definition) is 0. The summed E-state index contributed by atoms with van der Waals surface area (Å²) in [6.07, 6.45) is 0. The lowest BCUT2D eigenvalue weighted by Gasteiger charge is -2.14. The number of benzene rings is 6. The molecule has 0 bridgehead atoms. The molecule has 0 atom stereocenters. The van der Waals surface area contributed by atoms with Gasteiger partial charge in [-0.15, -0.1) is 11.3 Å². The second-order valence-electron chi connectivity index (χ2n) is 10.6. The molecule has 0 N–H and O–H groups in total. The van der Waals surface area contributed by atoms with E-state index in [0.717, 1.165) is 38.5 Å². The third kappa shape index (κ3) is 3.75. The molecule has 3 heterocycles. The van der Waals surface area contributed by atoms with Crippen molar-refractivity contribution in [2.75, 3.05) is 0 Å². The molecule has 43 heavy (non-hydrogen) atoms. The van der Waals surface area contributed by atoms with Gasteiger partial charge in [0.15, 0.2) is 17.5 Å². The molecule has 4 nitrogen and oxygen atoms in total. The van der Waals surface area contributed by atoms with E-state index in [0.29, 0.717) is 17.5 Å². The van der Waals surface area contributed by atoms with Crippen LogP contribution in [0.4, 0.5) is 0 Å². The van der Waals surface area contributed by atoms with Crippen LogP contribution in [0.15, 0.2) is 133 Å². The molecule has 0 saturated carbocycles. The Kier molecular flexibility index (Phi) is 5.33. The number of thiophene rings is 1. The number of aromatic nitrogens is 4. The van der Waals surface area contributed by atoms with Crippen molar-refractivity contribution in [3.05, 3.63) is 133 Å². The second kappa shape index (κ2) is 9.51. The topological polar surface area (TPSA) is 51.6 Å². The van der Waals surface area contributed by atoms with Crippen molar-refractivity contribution in [3.8, 4) is 34.3 Å². The Morgan fingerprint density at radius 1 is 0.372 bits per heavy atom. The summed E-state index contributed by atoms with van der Waals surface area (Å²) < 4.78 is 2.51. The average molecular weight is 567 g/mol. The highest BCUT2D eigenvalue weighted by Gasteiger charge is 2.21. The fourth-order valence-electron chi connectivity index (χ4n) is 6.17. The molecule has 6 aromatic carbocycles. The standard InChI is InChI=1S/C38H22N4S/c1-3-13-23(14-4-1)36-40-37(24-15-5-2-6-16-24)42-38(41-36)33-27-19-9-7-17-25(27)31-26-18-8-10-20-28(26)35-32(34(31)39-33)29-21-11-12-22-30(29)43-35/h1-22H. The Labute approximate surface area is 251 Å². The van der Waals surface area contributed by atoms with Crippen LogP contribution in [0.3, 0.4) is 0 Å². The van der Waals surface area contributed by atoms with E-state index in [1.807, 2.05) is 72.0 Å². The first kappa shape index (κ1) is 24.1. The average Bonchev–Trinajstić information content (AvgIpc) is 3.49. The lowest BCUT2D eigenvalue weighted by Crippen LogP contribution is -2.02. The van der Waals surface area contributed by atoms with E-state index in [2.05, 4.69) is 72.8 Å². The van der Waals surface area contributed by atoms with Gasteiger partial charge in [-0.25, -0.2) is 19.9 Å². The SMILES string of the molecule is c1ccc(-c2nc(-c3ccccc3)nc(-c3nc4c(c5ccccc35)c3ccccc3c3sc5ccccc5c43)n2)cc1. The molecule has 0 amide bonds. The third-order valence-electron chi connectivity index (χ3n) is 8.10. The largest absolute Gasteiger partial charge is 0.243 e. The molecule has 9 rings (SSSR count). The summed E-state index contributed by atoms with van der Waals surface area (Å²) in [7, 11) is 0. The normalized spacial score (nSPS) is 11.7. The highest BCUT2D eigenvalue weighted by molar-refractivity contribution is 7.27. The van der Waals surface area contributed by atoms with Gasteiger partial charge < -0.3 is 0 Å². The zero-order chi connectivity index (χ0) is 28.3. The van der Waals surface area contributed by atoms with Crippen molar-refractivity contribution < 1.29 is 0 Å². The summed E-state index contributed by atoms with van der Waals surface area (Å²) in [5, 5.41) is 8.18. The summed E-state index contributed by atoms with van der Waals surface area (Å²) in [4.78, 5) is 20.5. The molecule has 0 aliphatic carbocycles. The fourth-order valence-corrected chi connectivity index (χ4v) is 7.41. The Morgan fingerprint density at radius 2 is 0.860 bits per heavy atom. The van der Waals surface area contributed by atoms with Crippen molar-refractivity contribution in [1.82, 2.24) is 19.9 Å². The van der Waals surface area contributed by atoms with Crippen LogP contribution in [0.1, 0.15) is 0 Å². The predicted molar refractivity (Wildman–Crippen MR) is 179 cm³/mol. The Bertz CT molecular complexity index is 2450. The predicted octanol–water partition coefficient (Wildman–Crippen LogP) is 10.1. The molecular weight excluding hydrogens is 545 g/mol. The van der Waals surface area contributed by atoms with Gasteiger partial charge in [-0.3, -0.25) is 0 Å². The maximum Gasteiger partial charge on any atom is 0.183 e. The summed E-state index contributed by atoms with van der Waals surface area (Å²) in [6, 6.07) is 46.0. The number of pyridine rings is 1. The summed E-state index contributed by atoms with van der Waals surface area (Å²) >= 11 is 1.83. The minimum Gasteiger partial charge on any atom is -0.243 e. The number of rotatable bonds is 3. The minimum atomic E-state index is 0.562. The van der Waals surface area contributed by atoms with Crippen LogP contribution < -0.4 is 0 Å². The Morgan fingerprint density at radius 3 is 1.51 bits per heavy atom. The van der Waals surface area contributed by atoms with Crippen LogP contribution in [0.2, 0.25) is 0 Å². The molecular formula is C38H22N4S. The highest BCUT2D eigenvalue weighted by atomic mass is 32.1. The van der Waals surface area contributed by atoms with Crippen molar-refractivity contribution in [2.24, 2.45) is 0 Å². The van der Waals surface area contributed by atoms with Crippen LogP contribution in [0.25, 0.3) is 86.9 Å². The highest BCUT2D eigenvalue weighted by Crippen LogP contribution is 2.46. The molecule has 3 aromatic heterocycles. The molecule has 0 aliphatic rings. The lowest BCUT2D eigenvalue weighted by molar-refractivity contribution is 1.07. The maximum absolute atomic E-state index is 5.50. The summed E-state index contributed by atoms with van der Waals surface area (Å²) in [5.74, 6) is 1.81. The summed E-state index contributed by atoms with van der Waals surface area (Å²) in [5.41, 5.74) is 3.60. The van der Waals surface area contributed by atoms with Crippen LogP contribution in [-0.4, -0.2) is 19.9 Å². The quantitative estimate of drug-likeness (QED) is 0.200. The molecule has 9 aromatic rings. The van der Waals surface area contributed by atoms with E-state index >= 15 is 0 Å². The minimum absolute atomic E-state index is 0.562. The fraction of sp³-hybridized carbons (Fsp3) is 0. The molecule has 0 radical (unpaired) electrons. The van der Waals surface area contributed by atoms with Gasteiger partial charge in [-0.1, -0.05) is 127 Å². The third-order valence-corrected chi connectivity index (χ3v) is 9.30. The van der Waals surface area contributed by atoms with E-state index in [9.17, 15) is 0 Å². The first-order valence-corrected chi connectivity index (χ1v) is 15.1. The van der Waals surface area contributed by atoms with Gasteiger partial charge in [0.05, 0.1) is 5.52 Å². The van der Waals surface area contributed by atoms with Crippen molar-refractivity contribution >= 4 is 64.0 Å². The van der Waals surface area contributed by atoms with Gasteiger partial charge in [0, 0.05) is 47.5 Å².